The molecule has 56 heavy (non-hydrogen) atoms. The quantitative estimate of drug-likeness (QED) is 0.111. The monoisotopic (exact) mass is 1100 g/mol. The molecule has 6 nitrogen and oxygen atoms in total. The van der Waals surface area contributed by atoms with Gasteiger partial charge in [0, 0.05) is 76.7 Å². The third kappa shape index (κ3) is 12.0. The minimum Gasteiger partial charge on any atom is -0.578 e. The molecule has 0 unspecified atom stereocenters. The third-order valence-electron chi connectivity index (χ3n) is 8.96. The predicted molar refractivity (Wildman–Crippen MR) is 226 cm³/mol. The zero-order valence-corrected chi connectivity index (χ0v) is 39.3. The van der Waals surface area contributed by atoms with Crippen molar-refractivity contribution < 1.29 is 42.1 Å². The van der Waals surface area contributed by atoms with E-state index in [-0.39, 0.29) is 63.8 Å². The van der Waals surface area contributed by atoms with Crippen molar-refractivity contribution in [3.05, 3.63) is 144 Å². The summed E-state index contributed by atoms with van der Waals surface area (Å²) in [5.74, 6) is 0. The van der Waals surface area contributed by atoms with Crippen molar-refractivity contribution in [2.45, 2.75) is 105 Å². The van der Waals surface area contributed by atoms with E-state index in [1.165, 1.54) is 21.5 Å². The maximum atomic E-state index is 4.38. The molecule has 8 heteroatoms. The Labute approximate surface area is 362 Å². The van der Waals surface area contributed by atoms with Crippen LogP contribution in [0.1, 0.15) is 106 Å². The predicted octanol–water partition coefficient (Wildman–Crippen LogP) is 11.6. The van der Waals surface area contributed by atoms with E-state index >= 15 is 0 Å². The van der Waals surface area contributed by atoms with Gasteiger partial charge in [-0.25, -0.2) is 0 Å². The van der Waals surface area contributed by atoms with Gasteiger partial charge in [0.1, 0.15) is 0 Å². The number of aromatic nitrogens is 6. The van der Waals surface area contributed by atoms with Crippen molar-refractivity contribution in [3.63, 3.8) is 0 Å². The summed E-state index contributed by atoms with van der Waals surface area (Å²) in [7, 11) is 0. The average molecular weight is 1110 g/mol. The van der Waals surface area contributed by atoms with Crippen molar-refractivity contribution in [1.82, 2.24) is 30.4 Å². The van der Waals surface area contributed by atoms with Gasteiger partial charge in [0.05, 0.1) is 0 Å². The molecule has 0 atom stereocenters. The maximum absolute atomic E-state index is 4.38. The fraction of sp³-hybridized carbons (Fsp3) is 0.333. The molecule has 0 aliphatic carbocycles. The third-order valence-corrected chi connectivity index (χ3v) is 8.96. The summed E-state index contributed by atoms with van der Waals surface area (Å²) in [5, 5.41) is 23.7. The molecule has 0 N–H and O–H groups in total. The number of hydrogen-bond acceptors (Lipinski definition) is 4. The summed E-state index contributed by atoms with van der Waals surface area (Å²) in [6, 6.07) is 39.2. The van der Waals surface area contributed by atoms with E-state index in [2.05, 4.69) is 186 Å². The van der Waals surface area contributed by atoms with Gasteiger partial charge in [0.15, 0.2) is 0 Å². The molecule has 4 aromatic heterocycles. The molecule has 8 aromatic rings. The van der Waals surface area contributed by atoms with Crippen LogP contribution >= 0.6 is 0 Å². The fourth-order valence-corrected chi connectivity index (χ4v) is 5.53. The molecule has 0 spiro atoms. The molecular formula is C48H54N6Pt2-4. The van der Waals surface area contributed by atoms with Crippen LogP contribution in [0.25, 0.3) is 43.4 Å². The molecule has 0 saturated carbocycles. The Kier molecular flexibility index (Phi) is 15.7. The van der Waals surface area contributed by atoms with Crippen LogP contribution in [0.3, 0.4) is 0 Å². The maximum Gasteiger partial charge on any atom is 0.0217 e. The molecular weight excluding hydrogens is 1050 g/mol. The van der Waals surface area contributed by atoms with Gasteiger partial charge in [-0.15, -0.1) is 81.5 Å². The van der Waals surface area contributed by atoms with Gasteiger partial charge < -0.3 is 30.4 Å². The van der Waals surface area contributed by atoms with Crippen molar-refractivity contribution in [2.75, 3.05) is 0 Å². The number of rotatable bonds is 0. The molecule has 8 rings (SSSR count). The summed E-state index contributed by atoms with van der Waals surface area (Å²) in [4.78, 5) is 8.76. The summed E-state index contributed by atoms with van der Waals surface area (Å²) in [5.41, 5.74) is 6.82. The fourth-order valence-electron chi connectivity index (χ4n) is 5.53. The van der Waals surface area contributed by atoms with Crippen LogP contribution in [0.5, 0.6) is 0 Å². The molecule has 0 saturated heterocycles. The minimum absolute atomic E-state index is 0. The Balaban J connectivity index is 0.000000198. The normalized spacial score (nSPS) is 11.6. The summed E-state index contributed by atoms with van der Waals surface area (Å²) in [6.45, 7) is 25.9. The van der Waals surface area contributed by atoms with Gasteiger partial charge in [-0.05, 0) is 44.8 Å². The zero-order valence-electron chi connectivity index (χ0n) is 34.7. The Morgan fingerprint density at radius 1 is 0.429 bits per heavy atom. The van der Waals surface area contributed by atoms with Gasteiger partial charge >= 0.3 is 0 Å². The Morgan fingerprint density at radius 3 is 1.07 bits per heavy atom. The second-order valence-electron chi connectivity index (χ2n) is 17.8. The average Bonchev–Trinajstić information content (AvgIpc) is 3.85. The van der Waals surface area contributed by atoms with E-state index < -0.39 is 0 Å². The first kappa shape index (κ1) is 46.4. The Bertz CT molecular complexity index is 2110. The first-order valence-corrected chi connectivity index (χ1v) is 18.6. The molecule has 0 bridgehead atoms. The van der Waals surface area contributed by atoms with Gasteiger partial charge in [0.25, 0.3) is 0 Å². The summed E-state index contributed by atoms with van der Waals surface area (Å²) < 4.78 is 0. The van der Waals surface area contributed by atoms with Crippen molar-refractivity contribution in [2.24, 2.45) is 0 Å². The second kappa shape index (κ2) is 19.0. The second-order valence-corrected chi connectivity index (χ2v) is 17.8. The number of pyridine rings is 2. The molecule has 4 heterocycles. The topological polar surface area (TPSA) is 79.8 Å². The SMILES string of the molecule is CC(C)(C)c1cc(C(C)(C)C)[n-]n1.CC(C)(C)c1cc(C(C)(C)C)[n-]n1.[Pt].[Pt].[c-]1cccc2ccc3cccnc3c12.[c-]1cccc2ccc3cccnc3c12. The summed E-state index contributed by atoms with van der Waals surface area (Å²) >= 11 is 0. The molecule has 0 aliphatic rings. The smallest absolute Gasteiger partial charge is 0.0217 e. The van der Waals surface area contributed by atoms with Crippen LogP contribution < -0.4 is 10.2 Å². The standard InChI is InChI=1S/2C13H8N.2C11H19N2.2Pt/c2*1-2-6-12-10(4-1)7-8-11-5-3-9-14-13(11)12;2*1-10(2,3)8-7-9(13-12-8)11(4,5)6;;/h2*1-5,7-9H;2*7H,1-6H3;;/q4*-1;;. The van der Waals surface area contributed by atoms with Gasteiger partial charge in [-0.2, -0.15) is 0 Å². The molecule has 0 amide bonds. The molecule has 0 aliphatic heterocycles. The van der Waals surface area contributed by atoms with E-state index in [1.54, 1.807) is 0 Å². The Morgan fingerprint density at radius 2 is 0.768 bits per heavy atom. The number of fused-ring (bicyclic) bond motifs is 6. The molecule has 0 radical (unpaired) electrons. The van der Waals surface area contributed by atoms with Crippen molar-refractivity contribution in [3.8, 4) is 0 Å². The van der Waals surface area contributed by atoms with Crippen LogP contribution in [-0.4, -0.2) is 20.2 Å². The largest absolute Gasteiger partial charge is 0.578 e. The van der Waals surface area contributed by atoms with Crippen LogP contribution in [0, 0.1) is 12.1 Å². The first-order valence-electron chi connectivity index (χ1n) is 18.6. The van der Waals surface area contributed by atoms with E-state index in [9.17, 15) is 0 Å². The zero-order chi connectivity index (χ0) is 39.3. The van der Waals surface area contributed by atoms with E-state index in [4.69, 9.17) is 0 Å². The van der Waals surface area contributed by atoms with Crippen molar-refractivity contribution >= 4 is 43.4 Å². The minimum atomic E-state index is 0. The van der Waals surface area contributed by atoms with Crippen LogP contribution in [0.4, 0.5) is 0 Å². The van der Waals surface area contributed by atoms with Crippen LogP contribution in [-0.2, 0) is 63.8 Å². The van der Waals surface area contributed by atoms with E-state index in [0.29, 0.717) is 0 Å². The number of nitrogens with zero attached hydrogens (tertiary/aromatic N) is 6. The van der Waals surface area contributed by atoms with Crippen molar-refractivity contribution in [1.29, 1.82) is 0 Å². The number of hydrogen-bond donors (Lipinski definition) is 0. The van der Waals surface area contributed by atoms with E-state index in [1.807, 2.05) is 48.8 Å². The van der Waals surface area contributed by atoms with Gasteiger partial charge in [-0.3, -0.25) is 0 Å². The van der Waals surface area contributed by atoms with Gasteiger partial charge in [-0.1, -0.05) is 132 Å². The molecule has 0 fully saturated rings. The van der Waals surface area contributed by atoms with E-state index in [0.717, 1.165) is 44.6 Å². The Hall–Kier alpha value is -3.98. The summed E-state index contributed by atoms with van der Waals surface area (Å²) in [6.07, 6.45) is 3.64. The van der Waals surface area contributed by atoms with Crippen LogP contribution in [0.15, 0.2) is 109 Å². The van der Waals surface area contributed by atoms with Crippen LogP contribution in [0.2, 0.25) is 0 Å². The molecule has 300 valence electrons. The number of benzene rings is 4. The molecule has 4 aromatic carbocycles. The van der Waals surface area contributed by atoms with Gasteiger partial charge in [0.2, 0.25) is 0 Å². The first-order chi connectivity index (χ1) is 25.3.